The van der Waals surface area contributed by atoms with E-state index < -0.39 is 5.41 Å². The lowest BCUT2D eigenvalue weighted by Crippen LogP contribution is -2.54. The summed E-state index contributed by atoms with van der Waals surface area (Å²) in [5.74, 6) is 0.574. The fourth-order valence-electron chi connectivity index (χ4n) is 1.84. The minimum Gasteiger partial charge on any atom is -0.497 e. The molecule has 0 aromatic heterocycles. The molecule has 1 aromatic carbocycles. The molecule has 0 aliphatic carbocycles. The maximum absolute atomic E-state index is 11.7. The van der Waals surface area contributed by atoms with Gasteiger partial charge in [-0.2, -0.15) is 0 Å². The molecule has 0 radical (unpaired) electrons. The van der Waals surface area contributed by atoms with Crippen molar-refractivity contribution < 1.29 is 19.0 Å². The van der Waals surface area contributed by atoms with E-state index >= 15 is 0 Å². The first-order valence-corrected chi connectivity index (χ1v) is 5.74. The third-order valence-corrected chi connectivity index (χ3v) is 3.10. The highest BCUT2D eigenvalue weighted by Crippen LogP contribution is 2.29. The molecule has 5 heteroatoms. The van der Waals surface area contributed by atoms with Crippen molar-refractivity contribution in [3.8, 4) is 5.75 Å². The summed E-state index contributed by atoms with van der Waals surface area (Å²) in [7, 11) is 3.02. The number of ether oxygens (including phenoxy) is 3. The van der Waals surface area contributed by atoms with E-state index in [2.05, 4.69) is 5.32 Å². The van der Waals surface area contributed by atoms with Gasteiger partial charge in [0, 0.05) is 12.2 Å². The maximum atomic E-state index is 11.7. The predicted molar refractivity (Wildman–Crippen MR) is 66.8 cm³/mol. The van der Waals surface area contributed by atoms with Crippen LogP contribution in [0, 0.1) is 5.41 Å². The molecule has 0 bridgehead atoms. The Balaban J connectivity index is 1.95. The Kier molecular flexibility index (Phi) is 3.72. The molecule has 18 heavy (non-hydrogen) atoms. The van der Waals surface area contributed by atoms with Gasteiger partial charge >= 0.3 is 5.97 Å². The molecule has 1 heterocycles. The van der Waals surface area contributed by atoms with Crippen LogP contribution < -0.4 is 10.1 Å². The summed E-state index contributed by atoms with van der Waals surface area (Å²) >= 11 is 0. The van der Waals surface area contributed by atoms with Crippen molar-refractivity contribution in [1.29, 1.82) is 0 Å². The van der Waals surface area contributed by atoms with E-state index in [4.69, 9.17) is 14.2 Å². The molecule has 0 spiro atoms. The van der Waals surface area contributed by atoms with Crippen LogP contribution in [0.2, 0.25) is 0 Å². The minimum absolute atomic E-state index is 0.227. The Labute approximate surface area is 106 Å². The summed E-state index contributed by atoms with van der Waals surface area (Å²) in [6.07, 6.45) is 0. The molecule has 1 aromatic rings. The van der Waals surface area contributed by atoms with Crippen LogP contribution in [0.25, 0.3) is 0 Å². The lowest BCUT2D eigenvalue weighted by atomic mass is 9.86. The molecular formula is C13H17NO4. The lowest BCUT2D eigenvalue weighted by Gasteiger charge is -2.38. The smallest absolute Gasteiger partial charge is 0.318 e. The largest absolute Gasteiger partial charge is 0.497 e. The number of benzene rings is 1. The fraction of sp³-hybridized carbons (Fsp3) is 0.462. The summed E-state index contributed by atoms with van der Waals surface area (Å²) in [6.45, 7) is 1.32. The van der Waals surface area contributed by atoms with Crippen LogP contribution in [0.3, 0.4) is 0 Å². The van der Waals surface area contributed by atoms with E-state index in [9.17, 15) is 4.79 Å². The zero-order valence-corrected chi connectivity index (χ0v) is 10.6. The Morgan fingerprint density at radius 3 is 2.44 bits per heavy atom. The van der Waals surface area contributed by atoms with E-state index in [1.807, 2.05) is 24.3 Å². The van der Waals surface area contributed by atoms with E-state index in [1.54, 1.807) is 7.11 Å². The highest BCUT2D eigenvalue weighted by atomic mass is 16.5. The number of rotatable bonds is 5. The highest BCUT2D eigenvalue weighted by molar-refractivity contribution is 5.78. The molecule has 0 atom stereocenters. The Morgan fingerprint density at radius 1 is 1.33 bits per heavy atom. The standard InChI is InChI=1S/C13H17NO4/c1-16-11-5-3-10(4-6-11)14-7-13(8-18-9-13)12(15)17-2/h3-6,14H,7-9H2,1-2H3. The van der Waals surface area contributed by atoms with E-state index in [0.29, 0.717) is 19.8 Å². The molecular weight excluding hydrogens is 234 g/mol. The van der Waals surface area contributed by atoms with Gasteiger partial charge in [0.15, 0.2) is 0 Å². The molecule has 0 saturated carbocycles. The van der Waals surface area contributed by atoms with Gasteiger partial charge in [0.1, 0.15) is 11.2 Å². The van der Waals surface area contributed by atoms with Crippen molar-refractivity contribution in [3.05, 3.63) is 24.3 Å². The number of carbonyl (C=O) groups is 1. The first-order valence-electron chi connectivity index (χ1n) is 5.74. The van der Waals surface area contributed by atoms with Gasteiger partial charge in [0.25, 0.3) is 0 Å². The van der Waals surface area contributed by atoms with Crippen LogP contribution in [0.5, 0.6) is 5.75 Å². The summed E-state index contributed by atoms with van der Waals surface area (Å²) in [5, 5.41) is 3.22. The Hall–Kier alpha value is -1.75. The van der Waals surface area contributed by atoms with Crippen LogP contribution in [-0.2, 0) is 14.3 Å². The molecule has 1 N–H and O–H groups in total. The maximum Gasteiger partial charge on any atom is 0.318 e. The lowest BCUT2D eigenvalue weighted by molar-refractivity contribution is -0.180. The molecule has 98 valence electrons. The third kappa shape index (κ3) is 2.41. The number of carbonyl (C=O) groups excluding carboxylic acids is 1. The summed E-state index contributed by atoms with van der Waals surface area (Å²) in [5.41, 5.74) is 0.389. The number of methoxy groups -OCH3 is 2. The van der Waals surface area contributed by atoms with E-state index in [0.717, 1.165) is 11.4 Å². The van der Waals surface area contributed by atoms with Crippen LogP contribution in [0.15, 0.2) is 24.3 Å². The van der Waals surface area contributed by atoms with Crippen molar-refractivity contribution in [3.63, 3.8) is 0 Å². The molecule has 1 aliphatic heterocycles. The van der Waals surface area contributed by atoms with Crippen molar-refractivity contribution in [2.75, 3.05) is 39.3 Å². The minimum atomic E-state index is -0.547. The molecule has 1 aliphatic rings. The van der Waals surface area contributed by atoms with Gasteiger partial charge in [0.2, 0.25) is 0 Å². The second kappa shape index (κ2) is 5.27. The second-order valence-electron chi connectivity index (χ2n) is 4.35. The summed E-state index contributed by atoms with van der Waals surface area (Å²) < 4.78 is 15.0. The predicted octanol–water partition coefficient (Wildman–Crippen LogP) is 1.30. The van der Waals surface area contributed by atoms with Crippen molar-refractivity contribution in [1.82, 2.24) is 0 Å². The zero-order chi connectivity index (χ0) is 13.0. The monoisotopic (exact) mass is 251 g/mol. The molecule has 0 unspecified atom stereocenters. The second-order valence-corrected chi connectivity index (χ2v) is 4.35. The number of nitrogens with one attached hydrogen (secondary N) is 1. The first-order chi connectivity index (χ1) is 8.70. The average molecular weight is 251 g/mol. The van der Waals surface area contributed by atoms with Gasteiger partial charge < -0.3 is 19.5 Å². The topological polar surface area (TPSA) is 56.8 Å². The first kappa shape index (κ1) is 12.7. The van der Waals surface area contributed by atoms with Crippen molar-refractivity contribution in [2.45, 2.75) is 0 Å². The normalized spacial score (nSPS) is 16.6. The molecule has 1 saturated heterocycles. The summed E-state index contributed by atoms with van der Waals surface area (Å²) in [4.78, 5) is 11.7. The number of hydrogen-bond acceptors (Lipinski definition) is 5. The van der Waals surface area contributed by atoms with Gasteiger partial charge in [-0.05, 0) is 24.3 Å². The number of esters is 1. The van der Waals surface area contributed by atoms with Gasteiger partial charge in [-0.3, -0.25) is 4.79 Å². The molecule has 0 amide bonds. The van der Waals surface area contributed by atoms with Crippen molar-refractivity contribution >= 4 is 11.7 Å². The zero-order valence-electron chi connectivity index (χ0n) is 10.6. The fourth-order valence-corrected chi connectivity index (χ4v) is 1.84. The van der Waals surface area contributed by atoms with Gasteiger partial charge in [-0.1, -0.05) is 0 Å². The van der Waals surface area contributed by atoms with Gasteiger partial charge in [-0.25, -0.2) is 0 Å². The van der Waals surface area contributed by atoms with Gasteiger partial charge in [-0.15, -0.1) is 0 Å². The Morgan fingerprint density at radius 2 is 2.00 bits per heavy atom. The van der Waals surface area contributed by atoms with E-state index in [-0.39, 0.29) is 5.97 Å². The van der Waals surface area contributed by atoms with Gasteiger partial charge in [0.05, 0.1) is 27.4 Å². The average Bonchev–Trinajstić information content (AvgIpc) is 2.37. The number of anilines is 1. The summed E-state index contributed by atoms with van der Waals surface area (Å²) in [6, 6.07) is 7.54. The Bertz CT molecular complexity index is 412. The van der Waals surface area contributed by atoms with Crippen LogP contribution in [0.4, 0.5) is 5.69 Å². The molecule has 2 rings (SSSR count). The SMILES string of the molecule is COC(=O)C1(CNc2ccc(OC)cc2)COC1. The quantitative estimate of drug-likeness (QED) is 0.799. The van der Waals surface area contributed by atoms with Crippen LogP contribution in [0.1, 0.15) is 0 Å². The van der Waals surface area contributed by atoms with Crippen molar-refractivity contribution in [2.24, 2.45) is 5.41 Å². The third-order valence-electron chi connectivity index (χ3n) is 3.10. The highest BCUT2D eigenvalue weighted by Gasteiger charge is 2.47. The van der Waals surface area contributed by atoms with Crippen LogP contribution in [-0.4, -0.2) is 39.9 Å². The number of hydrogen-bond donors (Lipinski definition) is 1. The molecule has 5 nitrogen and oxygen atoms in total. The van der Waals surface area contributed by atoms with E-state index in [1.165, 1.54) is 7.11 Å². The van der Waals surface area contributed by atoms with Crippen LogP contribution >= 0.6 is 0 Å². The molecule has 1 fully saturated rings.